The molecule has 1 aromatic carbocycles. The molecule has 0 fully saturated rings. The molecule has 0 unspecified atom stereocenters. The molecule has 6 nitrogen and oxygen atoms in total. The Labute approximate surface area is 122 Å². The number of nitrogens with zero attached hydrogens (tertiary/aromatic N) is 1. The second-order valence-corrected chi connectivity index (χ2v) is 4.60. The van der Waals surface area contributed by atoms with Crippen LogP contribution in [0, 0.1) is 0 Å². The van der Waals surface area contributed by atoms with Gasteiger partial charge < -0.3 is 14.8 Å². The molecule has 0 aliphatic carbocycles. The molecule has 1 N–H and O–H groups in total. The van der Waals surface area contributed by atoms with E-state index in [0.29, 0.717) is 11.4 Å². The summed E-state index contributed by atoms with van der Waals surface area (Å²) in [7, 11) is 2.52. The third-order valence-electron chi connectivity index (χ3n) is 3.00. The second kappa shape index (κ2) is 5.78. The van der Waals surface area contributed by atoms with Gasteiger partial charge in [0.15, 0.2) is 0 Å². The minimum atomic E-state index is -0.611. The summed E-state index contributed by atoms with van der Waals surface area (Å²) in [5.41, 5.74) is 3.14. The predicted molar refractivity (Wildman–Crippen MR) is 79.3 cm³/mol. The first-order valence-electron chi connectivity index (χ1n) is 6.31. The van der Waals surface area contributed by atoms with Crippen LogP contribution in [0.1, 0.15) is 34.6 Å². The van der Waals surface area contributed by atoms with Crippen molar-refractivity contribution in [3.05, 3.63) is 35.0 Å². The molecule has 0 spiro atoms. The van der Waals surface area contributed by atoms with Crippen LogP contribution in [0.5, 0.6) is 0 Å². The quantitative estimate of drug-likeness (QED) is 0.847. The van der Waals surface area contributed by atoms with Crippen LogP contribution in [0.15, 0.2) is 28.9 Å². The van der Waals surface area contributed by atoms with Crippen molar-refractivity contribution in [2.75, 3.05) is 19.5 Å². The molecule has 0 amide bonds. The lowest BCUT2D eigenvalue weighted by Crippen LogP contribution is -2.12. The van der Waals surface area contributed by atoms with E-state index in [1.807, 2.05) is 19.9 Å². The van der Waals surface area contributed by atoms with Crippen molar-refractivity contribution in [3.8, 4) is 0 Å². The first kappa shape index (κ1) is 14.8. The van der Waals surface area contributed by atoms with Crippen molar-refractivity contribution in [2.45, 2.75) is 13.8 Å². The molecule has 1 heterocycles. The Morgan fingerprint density at radius 1 is 1.05 bits per heavy atom. The maximum Gasteiger partial charge on any atom is 0.338 e. The van der Waals surface area contributed by atoms with Gasteiger partial charge in [-0.15, -0.1) is 0 Å². The maximum atomic E-state index is 11.9. The molecule has 0 atom stereocenters. The molecule has 0 aromatic heterocycles. The van der Waals surface area contributed by atoms with Crippen LogP contribution in [0.25, 0.3) is 0 Å². The largest absolute Gasteiger partial charge is 0.465 e. The maximum absolute atomic E-state index is 11.9. The van der Waals surface area contributed by atoms with E-state index in [-0.39, 0.29) is 11.1 Å². The molecule has 2 rings (SSSR count). The molecule has 6 heteroatoms. The third-order valence-corrected chi connectivity index (χ3v) is 3.00. The number of hydrogen-bond donors (Lipinski definition) is 1. The van der Waals surface area contributed by atoms with Crippen LogP contribution in [0.3, 0.4) is 0 Å². The van der Waals surface area contributed by atoms with E-state index >= 15 is 0 Å². The van der Waals surface area contributed by atoms with Gasteiger partial charge >= 0.3 is 11.9 Å². The molecule has 1 aliphatic rings. The highest BCUT2D eigenvalue weighted by Crippen LogP contribution is 2.32. The minimum Gasteiger partial charge on any atom is -0.465 e. The summed E-state index contributed by atoms with van der Waals surface area (Å²) in [5, 5.41) is 3.14. The van der Waals surface area contributed by atoms with Gasteiger partial charge in [-0.3, -0.25) is 4.99 Å². The topological polar surface area (TPSA) is 77.0 Å². The summed E-state index contributed by atoms with van der Waals surface area (Å²) >= 11 is 0. The van der Waals surface area contributed by atoms with Gasteiger partial charge in [-0.25, -0.2) is 9.59 Å². The van der Waals surface area contributed by atoms with Crippen molar-refractivity contribution >= 4 is 29.0 Å². The zero-order valence-corrected chi connectivity index (χ0v) is 12.3. The number of fused-ring (bicyclic) bond motifs is 1. The highest BCUT2D eigenvalue weighted by molar-refractivity contribution is 6.06. The molecule has 0 bridgehead atoms. The molecule has 0 saturated carbocycles. The van der Waals surface area contributed by atoms with Crippen LogP contribution in [-0.2, 0) is 9.47 Å². The van der Waals surface area contributed by atoms with Crippen molar-refractivity contribution in [3.63, 3.8) is 0 Å². The molecule has 110 valence electrons. The number of carbonyl (C=O) groups is 2. The number of anilines is 1. The van der Waals surface area contributed by atoms with E-state index in [1.54, 1.807) is 6.07 Å². The molecule has 1 aromatic rings. The van der Waals surface area contributed by atoms with E-state index < -0.39 is 11.9 Å². The normalized spacial score (nSPS) is 13.1. The number of carbonyl (C=O) groups excluding carboxylic acids is 2. The summed E-state index contributed by atoms with van der Waals surface area (Å²) in [5.74, 6) is -1.22. The lowest BCUT2D eigenvalue weighted by atomic mass is 10.0. The summed E-state index contributed by atoms with van der Waals surface area (Å²) in [6.45, 7) is 3.74. The molecule has 21 heavy (non-hydrogen) atoms. The van der Waals surface area contributed by atoms with Crippen LogP contribution in [0.4, 0.5) is 11.4 Å². The van der Waals surface area contributed by atoms with Crippen molar-refractivity contribution < 1.29 is 19.1 Å². The van der Waals surface area contributed by atoms with Crippen molar-refractivity contribution in [2.24, 2.45) is 4.99 Å². The van der Waals surface area contributed by atoms with E-state index in [4.69, 9.17) is 9.47 Å². The van der Waals surface area contributed by atoms with Gasteiger partial charge in [-0.1, -0.05) is 0 Å². The number of benzene rings is 1. The molecular formula is C15H16N2O4. The summed E-state index contributed by atoms with van der Waals surface area (Å²) < 4.78 is 9.43. The van der Waals surface area contributed by atoms with Crippen LogP contribution in [-0.4, -0.2) is 31.9 Å². The molecular weight excluding hydrogens is 272 g/mol. The monoisotopic (exact) mass is 288 g/mol. The third kappa shape index (κ3) is 2.94. The number of rotatable bonds is 2. The fourth-order valence-corrected chi connectivity index (χ4v) is 2.12. The van der Waals surface area contributed by atoms with Crippen molar-refractivity contribution in [1.29, 1.82) is 0 Å². The Balaban J connectivity index is 2.66. The van der Waals surface area contributed by atoms with Gasteiger partial charge in [0, 0.05) is 11.4 Å². The molecule has 0 saturated heterocycles. The van der Waals surface area contributed by atoms with Gasteiger partial charge in [0.25, 0.3) is 0 Å². The molecule has 0 radical (unpaired) electrons. The van der Waals surface area contributed by atoms with Gasteiger partial charge in [0.1, 0.15) is 0 Å². The van der Waals surface area contributed by atoms with Crippen LogP contribution >= 0.6 is 0 Å². The Morgan fingerprint density at radius 3 is 2.19 bits per heavy atom. The standard InChI is InChI=1S/C15H16N2O4/c1-8-5-9(2)17-13-7-11(15(19)21-4)10(14(18)20-3)6-12(13)16-8/h5-7,16H,1-4H3. The Bertz CT molecular complexity index is 674. The predicted octanol–water partition coefficient (Wildman–Crippen LogP) is 2.68. The number of aliphatic imine (C=N–C) groups is 1. The number of esters is 2. The highest BCUT2D eigenvalue weighted by Gasteiger charge is 2.22. The Hall–Kier alpha value is -2.63. The van der Waals surface area contributed by atoms with Gasteiger partial charge in [-0.2, -0.15) is 0 Å². The fourth-order valence-electron chi connectivity index (χ4n) is 2.12. The SMILES string of the molecule is COC(=O)c1cc2c(cc1C(=O)OC)NC(C)=CC(C)=N2. The van der Waals surface area contributed by atoms with E-state index in [0.717, 1.165) is 11.4 Å². The Morgan fingerprint density at radius 2 is 1.62 bits per heavy atom. The number of allylic oxidation sites excluding steroid dienone is 2. The number of ether oxygens (including phenoxy) is 2. The van der Waals surface area contributed by atoms with Gasteiger partial charge in [-0.05, 0) is 32.1 Å². The fraction of sp³-hybridized carbons (Fsp3) is 0.267. The second-order valence-electron chi connectivity index (χ2n) is 4.60. The minimum absolute atomic E-state index is 0.126. The van der Waals surface area contributed by atoms with E-state index in [9.17, 15) is 9.59 Å². The average Bonchev–Trinajstić information content (AvgIpc) is 2.60. The highest BCUT2D eigenvalue weighted by atomic mass is 16.5. The van der Waals surface area contributed by atoms with E-state index in [1.165, 1.54) is 20.3 Å². The van der Waals surface area contributed by atoms with Gasteiger partial charge in [0.2, 0.25) is 0 Å². The van der Waals surface area contributed by atoms with Gasteiger partial charge in [0.05, 0.1) is 36.7 Å². The Kier molecular flexibility index (Phi) is 4.07. The zero-order valence-electron chi connectivity index (χ0n) is 12.3. The number of methoxy groups -OCH3 is 2. The molecule has 1 aliphatic heterocycles. The summed E-state index contributed by atoms with van der Waals surface area (Å²) in [6.07, 6.45) is 1.87. The number of nitrogens with one attached hydrogen (secondary N) is 1. The number of hydrogen-bond acceptors (Lipinski definition) is 6. The van der Waals surface area contributed by atoms with Crippen LogP contribution < -0.4 is 5.32 Å². The zero-order chi connectivity index (χ0) is 15.6. The van der Waals surface area contributed by atoms with E-state index in [2.05, 4.69) is 10.3 Å². The van der Waals surface area contributed by atoms with Crippen molar-refractivity contribution in [1.82, 2.24) is 0 Å². The summed E-state index contributed by atoms with van der Waals surface area (Å²) in [4.78, 5) is 28.1. The smallest absolute Gasteiger partial charge is 0.338 e. The first-order chi connectivity index (χ1) is 9.96. The average molecular weight is 288 g/mol. The lowest BCUT2D eigenvalue weighted by molar-refractivity contribution is 0.0555. The lowest BCUT2D eigenvalue weighted by Gasteiger charge is -2.12. The first-order valence-corrected chi connectivity index (χ1v) is 6.31. The van der Waals surface area contributed by atoms with Crippen LogP contribution in [0.2, 0.25) is 0 Å². The summed E-state index contributed by atoms with van der Waals surface area (Å²) in [6, 6.07) is 3.07.